The lowest BCUT2D eigenvalue weighted by Crippen LogP contribution is -2.50. The van der Waals surface area contributed by atoms with E-state index in [9.17, 15) is 9.59 Å². The van der Waals surface area contributed by atoms with Crippen LogP contribution in [0.2, 0.25) is 0 Å². The number of aryl methyl sites for hydroxylation is 1. The van der Waals surface area contributed by atoms with E-state index in [4.69, 9.17) is 4.74 Å². The summed E-state index contributed by atoms with van der Waals surface area (Å²) in [6.45, 7) is 10.1. The van der Waals surface area contributed by atoms with Gasteiger partial charge in [0.25, 0.3) is 0 Å². The number of piperazine rings is 1. The molecule has 1 aliphatic carbocycles. The van der Waals surface area contributed by atoms with Gasteiger partial charge < -0.3 is 14.6 Å². The van der Waals surface area contributed by atoms with Gasteiger partial charge in [-0.15, -0.1) is 0 Å². The van der Waals surface area contributed by atoms with E-state index in [0.717, 1.165) is 82.0 Å². The van der Waals surface area contributed by atoms with Crippen LogP contribution in [0.5, 0.6) is 0 Å². The molecule has 1 amide bonds. The van der Waals surface area contributed by atoms with Crippen LogP contribution in [0.1, 0.15) is 47.4 Å². The Morgan fingerprint density at radius 2 is 1.76 bits per heavy atom. The van der Waals surface area contributed by atoms with Crippen molar-refractivity contribution in [2.45, 2.75) is 58.2 Å². The molecular formula is C22H34N4O3. The molecule has 7 heteroatoms. The zero-order valence-electron chi connectivity index (χ0n) is 17.8. The van der Waals surface area contributed by atoms with Crippen LogP contribution in [0.3, 0.4) is 0 Å². The molecule has 160 valence electrons. The molecule has 3 aliphatic rings. The van der Waals surface area contributed by atoms with Gasteiger partial charge in [-0.2, -0.15) is 0 Å². The van der Waals surface area contributed by atoms with Gasteiger partial charge in [-0.05, 0) is 45.6 Å². The van der Waals surface area contributed by atoms with Crippen molar-refractivity contribution >= 4 is 11.7 Å². The van der Waals surface area contributed by atoms with Gasteiger partial charge >= 0.3 is 0 Å². The number of carbonyl (C=O) groups excluding carboxylic acids is 2. The van der Waals surface area contributed by atoms with Crippen LogP contribution in [-0.4, -0.2) is 84.1 Å². The van der Waals surface area contributed by atoms with Crippen molar-refractivity contribution in [1.29, 1.82) is 0 Å². The molecular weight excluding hydrogens is 368 g/mol. The van der Waals surface area contributed by atoms with Crippen LogP contribution in [0.15, 0.2) is 6.07 Å². The number of hydrogen-bond acceptors (Lipinski definition) is 5. The van der Waals surface area contributed by atoms with Gasteiger partial charge in [0, 0.05) is 62.3 Å². The summed E-state index contributed by atoms with van der Waals surface area (Å²) in [4.78, 5) is 29.3. The zero-order valence-corrected chi connectivity index (χ0v) is 17.8. The predicted molar refractivity (Wildman–Crippen MR) is 111 cm³/mol. The lowest BCUT2D eigenvalue weighted by atomic mass is 10.1. The van der Waals surface area contributed by atoms with Crippen molar-refractivity contribution in [2.75, 3.05) is 45.9 Å². The Balaban J connectivity index is 1.26. The lowest BCUT2D eigenvalue weighted by molar-refractivity contribution is -0.122. The van der Waals surface area contributed by atoms with Crippen LogP contribution in [-0.2, 0) is 16.1 Å². The monoisotopic (exact) mass is 402 g/mol. The van der Waals surface area contributed by atoms with E-state index >= 15 is 0 Å². The third kappa shape index (κ3) is 5.27. The van der Waals surface area contributed by atoms with E-state index in [1.54, 1.807) is 0 Å². The highest BCUT2D eigenvalue weighted by Crippen LogP contribution is 2.21. The van der Waals surface area contributed by atoms with Crippen LogP contribution >= 0.6 is 0 Å². The fraction of sp³-hybridized carbons (Fsp3) is 0.727. The van der Waals surface area contributed by atoms with Crippen molar-refractivity contribution in [3.63, 3.8) is 0 Å². The van der Waals surface area contributed by atoms with Crippen molar-refractivity contribution in [3.8, 4) is 0 Å². The number of aromatic nitrogens is 1. The Labute approximate surface area is 173 Å². The smallest absolute Gasteiger partial charge is 0.234 e. The van der Waals surface area contributed by atoms with E-state index in [0.29, 0.717) is 19.1 Å². The topological polar surface area (TPSA) is 66.8 Å². The summed E-state index contributed by atoms with van der Waals surface area (Å²) in [5.74, 6) is 0.326. The number of Topliss-reactive ketones (excluding diaryl/α,β-unsaturated/α-hetero) is 1. The van der Waals surface area contributed by atoms with E-state index in [1.165, 1.54) is 0 Å². The minimum atomic E-state index is 0.135. The van der Waals surface area contributed by atoms with Gasteiger partial charge in [0.2, 0.25) is 5.91 Å². The van der Waals surface area contributed by atoms with E-state index < -0.39 is 0 Å². The summed E-state index contributed by atoms with van der Waals surface area (Å²) in [7, 11) is 0. The number of amides is 1. The van der Waals surface area contributed by atoms with Gasteiger partial charge in [-0.25, -0.2) is 0 Å². The molecule has 3 heterocycles. The largest absolute Gasteiger partial charge is 0.376 e. The highest BCUT2D eigenvalue weighted by molar-refractivity contribution is 5.99. The first-order valence-corrected chi connectivity index (χ1v) is 11.0. The van der Waals surface area contributed by atoms with Crippen molar-refractivity contribution in [3.05, 3.63) is 23.0 Å². The Morgan fingerprint density at radius 1 is 1.07 bits per heavy atom. The van der Waals surface area contributed by atoms with Crippen LogP contribution in [0.25, 0.3) is 0 Å². The molecule has 0 bridgehead atoms. The second-order valence-electron chi connectivity index (χ2n) is 8.85. The maximum absolute atomic E-state index is 13.0. The molecule has 0 aromatic carbocycles. The summed E-state index contributed by atoms with van der Waals surface area (Å²) >= 11 is 0. The second-order valence-corrected chi connectivity index (χ2v) is 8.85. The minimum Gasteiger partial charge on any atom is -0.376 e. The summed E-state index contributed by atoms with van der Waals surface area (Å²) in [6, 6.07) is 2.45. The average Bonchev–Trinajstić information content (AvgIpc) is 3.26. The molecule has 1 N–H and O–H groups in total. The van der Waals surface area contributed by atoms with Gasteiger partial charge in [0.15, 0.2) is 5.78 Å². The predicted octanol–water partition coefficient (Wildman–Crippen LogP) is 1.36. The summed E-state index contributed by atoms with van der Waals surface area (Å²) < 4.78 is 8.01. The molecule has 0 radical (unpaired) electrons. The molecule has 3 fully saturated rings. The first kappa shape index (κ1) is 20.6. The SMILES string of the molecule is Cc1cc(C(=O)CN2CCN(CC(=O)NC3CC3)CC2)c(C)n1C[C@H]1CCCO1. The van der Waals surface area contributed by atoms with E-state index in [-0.39, 0.29) is 17.8 Å². The number of ether oxygens (including phenoxy) is 1. The quantitative estimate of drug-likeness (QED) is 0.665. The van der Waals surface area contributed by atoms with Gasteiger partial charge in [-0.3, -0.25) is 19.4 Å². The second kappa shape index (κ2) is 8.98. The fourth-order valence-corrected chi connectivity index (χ4v) is 4.45. The van der Waals surface area contributed by atoms with Gasteiger partial charge in [0.05, 0.1) is 19.2 Å². The molecule has 4 rings (SSSR count). The van der Waals surface area contributed by atoms with Gasteiger partial charge in [0.1, 0.15) is 0 Å². The van der Waals surface area contributed by atoms with E-state index in [2.05, 4.69) is 26.6 Å². The standard InChI is InChI=1S/C22H34N4O3/c1-16-12-20(17(2)26(16)13-19-4-3-11-29-19)21(27)14-24-7-9-25(10-8-24)15-22(28)23-18-5-6-18/h12,18-19H,3-11,13-15H2,1-2H3,(H,23,28)/t19-/m1/s1. The zero-order chi connectivity index (χ0) is 20.4. The molecule has 0 unspecified atom stereocenters. The fourth-order valence-electron chi connectivity index (χ4n) is 4.45. The molecule has 0 spiro atoms. The number of carbonyl (C=O) groups is 2. The minimum absolute atomic E-state index is 0.135. The number of ketones is 1. The lowest BCUT2D eigenvalue weighted by Gasteiger charge is -2.33. The number of nitrogens with one attached hydrogen (secondary N) is 1. The summed E-state index contributed by atoms with van der Waals surface area (Å²) in [5.41, 5.74) is 3.03. The Bertz CT molecular complexity index is 741. The molecule has 1 atom stereocenters. The van der Waals surface area contributed by atoms with Crippen LogP contribution < -0.4 is 5.32 Å². The highest BCUT2D eigenvalue weighted by Gasteiger charge is 2.26. The average molecular weight is 403 g/mol. The molecule has 7 nitrogen and oxygen atoms in total. The molecule has 29 heavy (non-hydrogen) atoms. The molecule has 1 saturated carbocycles. The Morgan fingerprint density at radius 3 is 2.38 bits per heavy atom. The first-order valence-electron chi connectivity index (χ1n) is 11.0. The number of hydrogen-bond donors (Lipinski definition) is 1. The third-order valence-electron chi connectivity index (χ3n) is 6.43. The molecule has 1 aromatic heterocycles. The summed E-state index contributed by atoms with van der Waals surface area (Å²) in [6.07, 6.45) is 4.74. The van der Waals surface area contributed by atoms with Crippen molar-refractivity contribution < 1.29 is 14.3 Å². The number of nitrogens with zero attached hydrogens (tertiary/aromatic N) is 3. The summed E-state index contributed by atoms with van der Waals surface area (Å²) in [5, 5.41) is 3.05. The highest BCUT2D eigenvalue weighted by atomic mass is 16.5. The van der Waals surface area contributed by atoms with Crippen molar-refractivity contribution in [1.82, 2.24) is 19.7 Å². The first-order chi connectivity index (χ1) is 14.0. The normalized spacial score (nSPS) is 23.4. The van der Waals surface area contributed by atoms with Crippen molar-refractivity contribution in [2.24, 2.45) is 0 Å². The van der Waals surface area contributed by atoms with E-state index in [1.807, 2.05) is 13.0 Å². The molecule has 2 saturated heterocycles. The molecule has 2 aliphatic heterocycles. The maximum Gasteiger partial charge on any atom is 0.234 e. The maximum atomic E-state index is 13.0. The third-order valence-corrected chi connectivity index (χ3v) is 6.43. The number of rotatable bonds is 8. The van der Waals surface area contributed by atoms with Crippen LogP contribution in [0, 0.1) is 13.8 Å². The molecule has 1 aromatic rings. The Hall–Kier alpha value is -1.70. The van der Waals surface area contributed by atoms with Gasteiger partial charge in [-0.1, -0.05) is 0 Å². The van der Waals surface area contributed by atoms with Crippen LogP contribution in [0.4, 0.5) is 0 Å². The Kier molecular flexibility index (Phi) is 6.37.